The van der Waals surface area contributed by atoms with Crippen molar-refractivity contribution in [1.82, 2.24) is 10.2 Å². The highest BCUT2D eigenvalue weighted by Crippen LogP contribution is 2.04. The van der Waals surface area contributed by atoms with Gasteiger partial charge in [-0.15, -0.1) is 0 Å². The average molecular weight is 242 g/mol. The first-order valence-corrected chi connectivity index (χ1v) is 6.83. The zero-order chi connectivity index (χ0) is 13.4. The van der Waals surface area contributed by atoms with Crippen LogP contribution in [0.15, 0.2) is 0 Å². The van der Waals surface area contributed by atoms with E-state index in [1.165, 1.54) is 0 Å². The summed E-state index contributed by atoms with van der Waals surface area (Å²) >= 11 is 0. The summed E-state index contributed by atoms with van der Waals surface area (Å²) in [6.45, 7) is 15.9. The molecule has 0 saturated carbocycles. The molecule has 1 N–H and O–H groups in total. The SMILES string of the molecule is CC(C)CN(CCC(=O)NC(C)C)CC(C)C. The fourth-order valence-electron chi connectivity index (χ4n) is 1.94. The molecule has 0 spiro atoms. The van der Waals surface area contributed by atoms with Gasteiger partial charge in [0, 0.05) is 32.1 Å². The molecule has 0 saturated heterocycles. The average Bonchev–Trinajstić information content (AvgIpc) is 2.11. The van der Waals surface area contributed by atoms with Gasteiger partial charge in [-0.05, 0) is 25.7 Å². The van der Waals surface area contributed by atoms with Crippen molar-refractivity contribution in [3.05, 3.63) is 0 Å². The second-order valence-corrected chi connectivity index (χ2v) is 6.02. The second-order valence-electron chi connectivity index (χ2n) is 6.02. The summed E-state index contributed by atoms with van der Waals surface area (Å²) in [4.78, 5) is 14.0. The lowest BCUT2D eigenvalue weighted by Gasteiger charge is -2.26. The zero-order valence-electron chi connectivity index (χ0n) is 12.4. The van der Waals surface area contributed by atoms with Crippen molar-refractivity contribution in [2.75, 3.05) is 19.6 Å². The van der Waals surface area contributed by atoms with Crippen LogP contribution >= 0.6 is 0 Å². The summed E-state index contributed by atoms with van der Waals surface area (Å²) in [5.74, 6) is 1.47. The van der Waals surface area contributed by atoms with Gasteiger partial charge in [-0.2, -0.15) is 0 Å². The van der Waals surface area contributed by atoms with Gasteiger partial charge in [-0.25, -0.2) is 0 Å². The Bertz CT molecular complexity index is 202. The van der Waals surface area contributed by atoms with Crippen LogP contribution in [0.25, 0.3) is 0 Å². The highest BCUT2D eigenvalue weighted by molar-refractivity contribution is 5.76. The van der Waals surface area contributed by atoms with Gasteiger partial charge in [0.1, 0.15) is 0 Å². The molecule has 0 aliphatic carbocycles. The largest absolute Gasteiger partial charge is 0.354 e. The van der Waals surface area contributed by atoms with E-state index in [0.29, 0.717) is 18.3 Å². The van der Waals surface area contributed by atoms with Crippen LogP contribution in [0.1, 0.15) is 48.0 Å². The van der Waals surface area contributed by atoms with Crippen LogP contribution in [0.5, 0.6) is 0 Å². The third-order valence-electron chi connectivity index (χ3n) is 2.35. The molecule has 0 unspecified atom stereocenters. The first-order chi connectivity index (χ1) is 7.81. The fourth-order valence-corrected chi connectivity index (χ4v) is 1.94. The van der Waals surface area contributed by atoms with Crippen LogP contribution in [0.4, 0.5) is 0 Å². The van der Waals surface area contributed by atoms with Crippen molar-refractivity contribution in [2.45, 2.75) is 54.0 Å². The smallest absolute Gasteiger partial charge is 0.221 e. The van der Waals surface area contributed by atoms with Crippen LogP contribution in [-0.2, 0) is 4.79 Å². The summed E-state index contributed by atoms with van der Waals surface area (Å²) in [5, 5.41) is 2.94. The highest BCUT2D eigenvalue weighted by Gasteiger charge is 2.11. The molecule has 0 atom stereocenters. The van der Waals surface area contributed by atoms with Crippen LogP contribution in [0.3, 0.4) is 0 Å². The predicted molar refractivity (Wildman–Crippen MR) is 74.0 cm³/mol. The fraction of sp³-hybridized carbons (Fsp3) is 0.929. The number of nitrogens with zero attached hydrogens (tertiary/aromatic N) is 1. The summed E-state index contributed by atoms with van der Waals surface area (Å²) in [6.07, 6.45) is 0.609. The second kappa shape index (κ2) is 8.51. The van der Waals surface area contributed by atoms with Gasteiger partial charge in [-0.3, -0.25) is 4.79 Å². The molecular weight excluding hydrogens is 212 g/mol. The van der Waals surface area contributed by atoms with Crippen LogP contribution < -0.4 is 5.32 Å². The molecule has 0 aliphatic rings. The molecule has 0 heterocycles. The quantitative estimate of drug-likeness (QED) is 0.709. The Morgan fingerprint density at radius 2 is 1.47 bits per heavy atom. The van der Waals surface area contributed by atoms with Crippen molar-refractivity contribution in [1.29, 1.82) is 0 Å². The monoisotopic (exact) mass is 242 g/mol. The minimum absolute atomic E-state index is 0.164. The summed E-state index contributed by atoms with van der Waals surface area (Å²) < 4.78 is 0. The van der Waals surface area contributed by atoms with E-state index in [4.69, 9.17) is 0 Å². The maximum absolute atomic E-state index is 11.6. The molecule has 0 aromatic heterocycles. The lowest BCUT2D eigenvalue weighted by Crippen LogP contribution is -2.37. The van der Waals surface area contributed by atoms with E-state index in [1.54, 1.807) is 0 Å². The Morgan fingerprint density at radius 1 is 1.00 bits per heavy atom. The van der Waals surface area contributed by atoms with Gasteiger partial charge in [0.25, 0.3) is 0 Å². The number of hydrogen-bond acceptors (Lipinski definition) is 2. The van der Waals surface area contributed by atoms with Crippen LogP contribution in [0, 0.1) is 11.8 Å². The van der Waals surface area contributed by atoms with Crippen molar-refractivity contribution in [3.63, 3.8) is 0 Å². The van der Waals surface area contributed by atoms with Gasteiger partial charge in [0.05, 0.1) is 0 Å². The number of carbonyl (C=O) groups excluding carboxylic acids is 1. The van der Waals surface area contributed by atoms with Gasteiger partial charge < -0.3 is 10.2 Å². The molecule has 102 valence electrons. The molecule has 3 heteroatoms. The van der Waals surface area contributed by atoms with E-state index in [-0.39, 0.29) is 11.9 Å². The van der Waals surface area contributed by atoms with Crippen LogP contribution in [0.2, 0.25) is 0 Å². The third-order valence-corrected chi connectivity index (χ3v) is 2.35. The Morgan fingerprint density at radius 3 is 1.82 bits per heavy atom. The van der Waals surface area contributed by atoms with Crippen LogP contribution in [-0.4, -0.2) is 36.5 Å². The molecule has 17 heavy (non-hydrogen) atoms. The number of hydrogen-bond donors (Lipinski definition) is 1. The summed E-state index contributed by atoms with van der Waals surface area (Å²) in [5.41, 5.74) is 0. The molecule has 0 radical (unpaired) electrons. The van der Waals surface area contributed by atoms with Crippen molar-refractivity contribution in [2.24, 2.45) is 11.8 Å². The molecule has 0 bridgehead atoms. The van der Waals surface area contributed by atoms with Gasteiger partial charge in [0.2, 0.25) is 5.91 Å². The van der Waals surface area contributed by atoms with E-state index in [0.717, 1.165) is 19.6 Å². The standard InChI is InChI=1S/C14H30N2O/c1-11(2)9-16(10-12(3)4)8-7-14(17)15-13(5)6/h11-13H,7-10H2,1-6H3,(H,15,17). The van der Waals surface area contributed by atoms with Gasteiger partial charge >= 0.3 is 0 Å². The van der Waals surface area contributed by atoms with Crippen molar-refractivity contribution in [3.8, 4) is 0 Å². The normalized spacial score (nSPS) is 11.9. The first kappa shape index (κ1) is 16.4. The molecule has 0 aliphatic heterocycles. The molecule has 3 nitrogen and oxygen atoms in total. The Hall–Kier alpha value is -0.570. The predicted octanol–water partition coefficient (Wildman–Crippen LogP) is 2.52. The Labute approximate surface area is 107 Å². The summed E-state index contributed by atoms with van der Waals surface area (Å²) in [6, 6.07) is 0.242. The van der Waals surface area contributed by atoms with Gasteiger partial charge in [-0.1, -0.05) is 27.7 Å². The number of nitrogens with one attached hydrogen (secondary N) is 1. The number of carbonyl (C=O) groups is 1. The Balaban J connectivity index is 4.01. The molecular formula is C14H30N2O. The molecule has 0 rings (SSSR count). The van der Waals surface area contributed by atoms with Gasteiger partial charge in [0.15, 0.2) is 0 Å². The minimum atomic E-state index is 0.164. The number of amides is 1. The maximum atomic E-state index is 11.6. The first-order valence-electron chi connectivity index (χ1n) is 6.83. The van der Waals surface area contributed by atoms with E-state index in [2.05, 4.69) is 37.9 Å². The lowest BCUT2D eigenvalue weighted by molar-refractivity contribution is -0.122. The third kappa shape index (κ3) is 10.3. The van der Waals surface area contributed by atoms with E-state index < -0.39 is 0 Å². The topological polar surface area (TPSA) is 32.3 Å². The molecule has 0 fully saturated rings. The van der Waals surface area contributed by atoms with Crippen molar-refractivity contribution < 1.29 is 4.79 Å². The Kier molecular flexibility index (Phi) is 8.23. The molecule has 0 aromatic carbocycles. The minimum Gasteiger partial charge on any atom is -0.354 e. The highest BCUT2D eigenvalue weighted by atomic mass is 16.1. The van der Waals surface area contributed by atoms with Crippen molar-refractivity contribution >= 4 is 5.91 Å². The number of rotatable bonds is 8. The molecule has 1 amide bonds. The molecule has 0 aromatic rings. The maximum Gasteiger partial charge on any atom is 0.221 e. The van der Waals surface area contributed by atoms with E-state index >= 15 is 0 Å². The van der Waals surface area contributed by atoms with E-state index in [1.807, 2.05) is 13.8 Å². The van der Waals surface area contributed by atoms with E-state index in [9.17, 15) is 4.79 Å². The zero-order valence-corrected chi connectivity index (χ0v) is 12.4. The lowest BCUT2D eigenvalue weighted by atomic mass is 10.1. The summed E-state index contributed by atoms with van der Waals surface area (Å²) in [7, 11) is 0.